The molecule has 0 atom stereocenters. The molecule has 0 unspecified atom stereocenters. The first-order valence-electron chi connectivity index (χ1n) is 10.3. The lowest BCUT2D eigenvalue weighted by atomic mass is 10.1. The number of carbonyl (C=O) groups excluding carboxylic acids is 3. The van der Waals surface area contributed by atoms with E-state index in [1.807, 2.05) is 30.9 Å². The monoisotopic (exact) mass is 408 g/mol. The number of nitrogens with zero attached hydrogens (tertiary/aromatic N) is 1. The molecule has 0 spiro atoms. The van der Waals surface area contributed by atoms with Crippen LogP contribution in [-0.4, -0.2) is 41.9 Å². The number of nitrogens with one attached hydrogen (secondary N) is 3. The van der Waals surface area contributed by atoms with E-state index < -0.39 is 0 Å². The van der Waals surface area contributed by atoms with Gasteiger partial charge in [0.2, 0.25) is 0 Å². The van der Waals surface area contributed by atoms with Crippen LogP contribution in [0.25, 0.3) is 0 Å². The third kappa shape index (κ3) is 5.83. The van der Waals surface area contributed by atoms with Gasteiger partial charge in [0.1, 0.15) is 0 Å². The molecule has 0 aliphatic carbocycles. The first-order chi connectivity index (χ1) is 14.4. The quantitative estimate of drug-likeness (QED) is 0.684. The number of hydrogen-bond donors (Lipinski definition) is 3. The lowest BCUT2D eigenvalue weighted by Gasteiger charge is -2.15. The average Bonchev–Trinajstić information content (AvgIpc) is 3.26. The molecule has 0 saturated carbocycles. The van der Waals surface area contributed by atoms with E-state index in [1.54, 1.807) is 36.4 Å². The van der Waals surface area contributed by atoms with Crippen LogP contribution in [0.4, 0.5) is 10.5 Å². The standard InChI is InChI=1S/C23H28N4O3/c1-16(2)25-23(30)26-20-7-5-6-19(14-20)21(28)24-15-17-8-10-18(11-9-17)22(29)27-12-3-4-13-27/h5-11,14,16H,3-4,12-13,15H2,1-2H3,(H,24,28)(H2,25,26,30). The normalized spacial score (nSPS) is 13.2. The van der Waals surface area contributed by atoms with Crippen LogP contribution in [0.1, 0.15) is 53.0 Å². The average molecular weight is 409 g/mol. The second-order valence-electron chi connectivity index (χ2n) is 7.71. The van der Waals surface area contributed by atoms with Crippen LogP contribution in [0, 0.1) is 0 Å². The minimum absolute atomic E-state index is 0.0218. The molecule has 7 heteroatoms. The predicted octanol–water partition coefficient (Wildman–Crippen LogP) is 3.38. The van der Waals surface area contributed by atoms with Crippen LogP contribution >= 0.6 is 0 Å². The van der Waals surface area contributed by atoms with Crippen molar-refractivity contribution in [2.24, 2.45) is 0 Å². The Balaban J connectivity index is 1.54. The van der Waals surface area contributed by atoms with E-state index in [9.17, 15) is 14.4 Å². The van der Waals surface area contributed by atoms with Crippen molar-refractivity contribution < 1.29 is 14.4 Å². The third-order valence-electron chi connectivity index (χ3n) is 4.85. The lowest BCUT2D eigenvalue weighted by Crippen LogP contribution is -2.34. The molecule has 2 aromatic carbocycles. The summed E-state index contributed by atoms with van der Waals surface area (Å²) < 4.78 is 0. The second kappa shape index (κ2) is 9.91. The largest absolute Gasteiger partial charge is 0.348 e. The Morgan fingerprint density at radius 1 is 0.967 bits per heavy atom. The van der Waals surface area contributed by atoms with Crippen molar-refractivity contribution in [1.29, 1.82) is 0 Å². The van der Waals surface area contributed by atoms with E-state index >= 15 is 0 Å². The van der Waals surface area contributed by atoms with Gasteiger partial charge in [-0.1, -0.05) is 18.2 Å². The minimum Gasteiger partial charge on any atom is -0.348 e. The smallest absolute Gasteiger partial charge is 0.319 e. The summed E-state index contributed by atoms with van der Waals surface area (Å²) >= 11 is 0. The molecule has 158 valence electrons. The fourth-order valence-electron chi connectivity index (χ4n) is 3.32. The molecule has 4 amide bonds. The predicted molar refractivity (Wildman–Crippen MR) is 116 cm³/mol. The molecular formula is C23H28N4O3. The van der Waals surface area contributed by atoms with Gasteiger partial charge < -0.3 is 20.9 Å². The van der Waals surface area contributed by atoms with E-state index in [2.05, 4.69) is 16.0 Å². The third-order valence-corrected chi connectivity index (χ3v) is 4.85. The summed E-state index contributed by atoms with van der Waals surface area (Å²) in [6.07, 6.45) is 2.13. The van der Waals surface area contributed by atoms with Crippen LogP contribution in [-0.2, 0) is 6.54 Å². The maximum Gasteiger partial charge on any atom is 0.319 e. The Bertz CT molecular complexity index is 903. The Kier molecular flexibility index (Phi) is 7.06. The van der Waals surface area contributed by atoms with Crippen LogP contribution in [0.15, 0.2) is 48.5 Å². The lowest BCUT2D eigenvalue weighted by molar-refractivity contribution is 0.0792. The van der Waals surface area contributed by atoms with E-state index in [-0.39, 0.29) is 23.9 Å². The molecule has 0 radical (unpaired) electrons. The number of hydrogen-bond acceptors (Lipinski definition) is 3. The van der Waals surface area contributed by atoms with E-state index in [4.69, 9.17) is 0 Å². The molecule has 7 nitrogen and oxygen atoms in total. The summed E-state index contributed by atoms with van der Waals surface area (Å²) in [4.78, 5) is 38.6. The summed E-state index contributed by atoms with van der Waals surface area (Å²) in [5, 5.41) is 8.32. The highest BCUT2D eigenvalue weighted by atomic mass is 16.2. The van der Waals surface area contributed by atoms with Crippen molar-refractivity contribution in [2.45, 2.75) is 39.3 Å². The summed E-state index contributed by atoms with van der Waals surface area (Å²) in [7, 11) is 0. The molecule has 1 aliphatic rings. The summed E-state index contributed by atoms with van der Waals surface area (Å²) in [6.45, 7) is 5.74. The van der Waals surface area contributed by atoms with Gasteiger partial charge in [-0.3, -0.25) is 9.59 Å². The maximum absolute atomic E-state index is 12.5. The molecule has 1 aliphatic heterocycles. The zero-order valence-electron chi connectivity index (χ0n) is 17.4. The SMILES string of the molecule is CC(C)NC(=O)Nc1cccc(C(=O)NCc2ccc(C(=O)N3CCCC3)cc2)c1. The highest BCUT2D eigenvalue weighted by Gasteiger charge is 2.19. The maximum atomic E-state index is 12.5. The van der Waals surface area contributed by atoms with E-state index in [0.717, 1.165) is 31.5 Å². The van der Waals surface area contributed by atoms with Gasteiger partial charge in [0.15, 0.2) is 0 Å². The van der Waals surface area contributed by atoms with Crippen molar-refractivity contribution >= 4 is 23.5 Å². The molecule has 1 fully saturated rings. The Morgan fingerprint density at radius 2 is 1.67 bits per heavy atom. The van der Waals surface area contributed by atoms with Crippen molar-refractivity contribution in [3.05, 3.63) is 65.2 Å². The van der Waals surface area contributed by atoms with Crippen molar-refractivity contribution in [3.63, 3.8) is 0 Å². The molecular weight excluding hydrogens is 380 g/mol. The van der Waals surface area contributed by atoms with Gasteiger partial charge in [-0.25, -0.2) is 4.79 Å². The molecule has 1 saturated heterocycles. The van der Waals surface area contributed by atoms with Gasteiger partial charge in [0.05, 0.1) is 0 Å². The highest BCUT2D eigenvalue weighted by molar-refractivity contribution is 5.97. The van der Waals surface area contributed by atoms with Crippen LogP contribution in [0.2, 0.25) is 0 Å². The fourth-order valence-corrected chi connectivity index (χ4v) is 3.32. The molecule has 0 bridgehead atoms. The van der Waals surface area contributed by atoms with Gasteiger partial charge >= 0.3 is 6.03 Å². The summed E-state index contributed by atoms with van der Waals surface area (Å²) in [6, 6.07) is 13.8. The number of urea groups is 1. The number of benzene rings is 2. The van der Waals surface area contributed by atoms with Gasteiger partial charge in [-0.15, -0.1) is 0 Å². The second-order valence-corrected chi connectivity index (χ2v) is 7.71. The number of amides is 4. The van der Waals surface area contributed by atoms with Gasteiger partial charge in [-0.2, -0.15) is 0 Å². The molecule has 3 rings (SSSR count). The molecule has 30 heavy (non-hydrogen) atoms. The number of anilines is 1. The summed E-state index contributed by atoms with van der Waals surface area (Å²) in [5.74, 6) is -0.172. The van der Waals surface area contributed by atoms with Crippen LogP contribution < -0.4 is 16.0 Å². The summed E-state index contributed by atoms with van der Waals surface area (Å²) in [5.41, 5.74) is 2.58. The number of rotatable bonds is 6. The van der Waals surface area contributed by atoms with Crippen molar-refractivity contribution in [3.8, 4) is 0 Å². The van der Waals surface area contributed by atoms with Gasteiger partial charge in [-0.05, 0) is 62.6 Å². The zero-order valence-corrected chi connectivity index (χ0v) is 17.4. The Morgan fingerprint density at radius 3 is 2.33 bits per heavy atom. The fraction of sp³-hybridized carbons (Fsp3) is 0.348. The number of likely N-dealkylation sites (tertiary alicyclic amines) is 1. The molecule has 3 N–H and O–H groups in total. The molecule has 2 aromatic rings. The van der Waals surface area contributed by atoms with E-state index in [1.165, 1.54) is 0 Å². The van der Waals surface area contributed by atoms with Crippen molar-refractivity contribution in [1.82, 2.24) is 15.5 Å². The highest BCUT2D eigenvalue weighted by Crippen LogP contribution is 2.14. The van der Waals surface area contributed by atoms with E-state index in [0.29, 0.717) is 23.4 Å². The van der Waals surface area contributed by atoms with Crippen LogP contribution in [0.5, 0.6) is 0 Å². The zero-order chi connectivity index (χ0) is 21.5. The first kappa shape index (κ1) is 21.4. The first-order valence-corrected chi connectivity index (χ1v) is 10.3. The van der Waals surface area contributed by atoms with Gasteiger partial charge in [0.25, 0.3) is 11.8 Å². The van der Waals surface area contributed by atoms with Crippen molar-refractivity contribution in [2.75, 3.05) is 18.4 Å². The molecule has 1 heterocycles. The molecule has 0 aromatic heterocycles. The minimum atomic E-state index is -0.314. The Hall–Kier alpha value is -3.35. The van der Waals surface area contributed by atoms with Gasteiger partial charge in [0, 0.05) is 42.5 Å². The topological polar surface area (TPSA) is 90.5 Å². The Labute approximate surface area is 176 Å². The number of carbonyl (C=O) groups is 3. The van der Waals surface area contributed by atoms with Crippen LogP contribution in [0.3, 0.4) is 0 Å².